The third-order valence-corrected chi connectivity index (χ3v) is 4.95. The van der Waals surface area contributed by atoms with Gasteiger partial charge in [0, 0.05) is 30.8 Å². The fourth-order valence-electron chi connectivity index (χ4n) is 3.63. The van der Waals surface area contributed by atoms with E-state index in [0.717, 1.165) is 12.8 Å². The molecule has 1 atom stereocenters. The molecule has 3 rings (SSSR count). The zero-order valence-electron chi connectivity index (χ0n) is 14.2. The minimum absolute atomic E-state index is 0.106. The van der Waals surface area contributed by atoms with E-state index in [0.29, 0.717) is 36.2 Å². The van der Waals surface area contributed by atoms with Gasteiger partial charge >= 0.3 is 0 Å². The summed E-state index contributed by atoms with van der Waals surface area (Å²) in [6.07, 6.45) is 4.79. The summed E-state index contributed by atoms with van der Waals surface area (Å²) in [5.74, 6) is 0.876. The van der Waals surface area contributed by atoms with Crippen molar-refractivity contribution in [1.29, 1.82) is 0 Å². The number of anilines is 1. The largest absolute Gasteiger partial charge is 0.493 e. The van der Waals surface area contributed by atoms with Crippen LogP contribution in [0.15, 0.2) is 18.2 Å². The number of nitrogens with one attached hydrogen (secondary N) is 1. The van der Waals surface area contributed by atoms with E-state index in [2.05, 4.69) is 5.32 Å². The maximum atomic E-state index is 12.5. The average molecular weight is 332 g/mol. The first-order chi connectivity index (χ1) is 11.6. The van der Waals surface area contributed by atoms with Gasteiger partial charge in [0.25, 0.3) is 0 Å². The Bertz CT molecular complexity index is 625. The number of ether oxygens (including phenoxy) is 2. The third kappa shape index (κ3) is 3.32. The Balaban J connectivity index is 1.64. The third-order valence-electron chi connectivity index (χ3n) is 4.95. The second-order valence-corrected chi connectivity index (χ2v) is 6.44. The van der Waals surface area contributed by atoms with Crippen LogP contribution in [-0.2, 0) is 9.59 Å². The number of methoxy groups -OCH3 is 2. The van der Waals surface area contributed by atoms with Crippen molar-refractivity contribution in [3.05, 3.63) is 18.2 Å². The van der Waals surface area contributed by atoms with E-state index in [1.54, 1.807) is 32.4 Å². The van der Waals surface area contributed by atoms with Gasteiger partial charge in [-0.2, -0.15) is 0 Å². The molecule has 1 heterocycles. The first-order valence-corrected chi connectivity index (χ1v) is 8.44. The molecule has 1 saturated carbocycles. The number of carbonyl (C=O) groups is 2. The van der Waals surface area contributed by atoms with Crippen molar-refractivity contribution in [1.82, 2.24) is 4.90 Å². The van der Waals surface area contributed by atoms with Gasteiger partial charge in [-0.15, -0.1) is 0 Å². The van der Waals surface area contributed by atoms with Gasteiger partial charge in [0.15, 0.2) is 11.5 Å². The normalized spacial score (nSPS) is 21.2. The first-order valence-electron chi connectivity index (χ1n) is 8.44. The number of likely N-dealkylation sites (tertiary alicyclic amines) is 1. The summed E-state index contributed by atoms with van der Waals surface area (Å²) >= 11 is 0. The lowest BCUT2D eigenvalue weighted by Gasteiger charge is -2.23. The molecule has 2 amide bonds. The van der Waals surface area contributed by atoms with Crippen LogP contribution in [0.1, 0.15) is 32.1 Å². The van der Waals surface area contributed by atoms with Crippen molar-refractivity contribution < 1.29 is 19.1 Å². The molecule has 6 heteroatoms. The fourth-order valence-corrected chi connectivity index (χ4v) is 3.63. The fraction of sp³-hybridized carbons (Fsp3) is 0.556. The van der Waals surface area contributed by atoms with Crippen LogP contribution in [-0.4, -0.2) is 43.5 Å². The van der Waals surface area contributed by atoms with Gasteiger partial charge in [0.05, 0.1) is 20.1 Å². The molecule has 1 aromatic rings. The monoisotopic (exact) mass is 332 g/mol. The zero-order valence-corrected chi connectivity index (χ0v) is 14.2. The zero-order chi connectivity index (χ0) is 17.1. The van der Waals surface area contributed by atoms with Gasteiger partial charge in [-0.3, -0.25) is 9.59 Å². The molecule has 2 fully saturated rings. The van der Waals surface area contributed by atoms with Gasteiger partial charge in [0.1, 0.15) is 0 Å². The SMILES string of the molecule is COc1ccc(NC(=O)[C@@H]2CC(=O)N(C3CCCC3)C2)cc1OC. The highest BCUT2D eigenvalue weighted by Gasteiger charge is 2.38. The van der Waals surface area contributed by atoms with E-state index in [4.69, 9.17) is 9.47 Å². The van der Waals surface area contributed by atoms with Crippen molar-refractivity contribution in [2.24, 2.45) is 5.92 Å². The molecule has 1 aliphatic carbocycles. The Morgan fingerprint density at radius 2 is 1.88 bits per heavy atom. The lowest BCUT2D eigenvalue weighted by molar-refractivity contribution is -0.129. The number of rotatable bonds is 5. The number of carbonyl (C=O) groups excluding carboxylic acids is 2. The van der Waals surface area contributed by atoms with Gasteiger partial charge in [-0.05, 0) is 25.0 Å². The Kier molecular flexibility index (Phi) is 4.92. The topological polar surface area (TPSA) is 67.9 Å². The molecule has 1 aliphatic heterocycles. The van der Waals surface area contributed by atoms with Crippen LogP contribution >= 0.6 is 0 Å². The maximum absolute atomic E-state index is 12.5. The molecular formula is C18H24N2O4. The van der Waals surface area contributed by atoms with Crippen LogP contribution < -0.4 is 14.8 Å². The Morgan fingerprint density at radius 3 is 2.54 bits per heavy atom. The Morgan fingerprint density at radius 1 is 1.17 bits per heavy atom. The molecule has 24 heavy (non-hydrogen) atoms. The molecule has 1 N–H and O–H groups in total. The Hall–Kier alpha value is -2.24. The molecule has 6 nitrogen and oxygen atoms in total. The molecular weight excluding hydrogens is 308 g/mol. The average Bonchev–Trinajstić information content (AvgIpc) is 3.23. The molecule has 130 valence electrons. The van der Waals surface area contributed by atoms with E-state index in [1.807, 2.05) is 4.90 Å². The quantitative estimate of drug-likeness (QED) is 0.899. The minimum atomic E-state index is -0.286. The molecule has 0 bridgehead atoms. The molecule has 2 aliphatic rings. The Labute approximate surface area is 142 Å². The van der Waals surface area contributed by atoms with Gasteiger partial charge in [-0.1, -0.05) is 12.8 Å². The maximum Gasteiger partial charge on any atom is 0.229 e. The predicted molar refractivity (Wildman–Crippen MR) is 90.3 cm³/mol. The van der Waals surface area contributed by atoms with E-state index in [-0.39, 0.29) is 17.7 Å². The van der Waals surface area contributed by atoms with Crippen molar-refractivity contribution >= 4 is 17.5 Å². The minimum Gasteiger partial charge on any atom is -0.493 e. The number of amides is 2. The second kappa shape index (κ2) is 7.11. The number of hydrogen-bond acceptors (Lipinski definition) is 4. The highest BCUT2D eigenvalue weighted by atomic mass is 16.5. The van der Waals surface area contributed by atoms with Crippen molar-refractivity contribution in [3.8, 4) is 11.5 Å². The smallest absolute Gasteiger partial charge is 0.229 e. The lowest BCUT2D eigenvalue weighted by Crippen LogP contribution is -2.35. The summed E-state index contributed by atoms with van der Waals surface area (Å²) in [5, 5.41) is 2.89. The van der Waals surface area contributed by atoms with Gasteiger partial charge in [-0.25, -0.2) is 0 Å². The highest BCUT2D eigenvalue weighted by molar-refractivity contribution is 5.97. The summed E-state index contributed by atoms with van der Waals surface area (Å²) in [7, 11) is 3.12. The summed E-state index contributed by atoms with van der Waals surface area (Å²) in [4.78, 5) is 26.6. The number of nitrogens with zero attached hydrogens (tertiary/aromatic N) is 1. The number of hydrogen-bond donors (Lipinski definition) is 1. The van der Waals surface area contributed by atoms with Crippen LogP contribution in [0.3, 0.4) is 0 Å². The van der Waals surface area contributed by atoms with Gasteiger partial charge < -0.3 is 19.7 Å². The number of benzene rings is 1. The highest BCUT2D eigenvalue weighted by Crippen LogP contribution is 2.32. The van der Waals surface area contributed by atoms with Crippen LogP contribution in [0.2, 0.25) is 0 Å². The molecule has 1 saturated heterocycles. The van der Waals surface area contributed by atoms with E-state index < -0.39 is 0 Å². The molecule has 0 spiro atoms. The van der Waals surface area contributed by atoms with Crippen LogP contribution in [0.25, 0.3) is 0 Å². The lowest BCUT2D eigenvalue weighted by atomic mass is 10.1. The standard InChI is InChI=1S/C18H24N2O4/c1-23-15-8-7-13(10-16(15)24-2)19-18(22)12-9-17(21)20(11-12)14-5-3-4-6-14/h7-8,10,12,14H,3-6,9,11H2,1-2H3,(H,19,22)/t12-/m1/s1. The van der Waals surface area contributed by atoms with E-state index in [9.17, 15) is 9.59 Å². The van der Waals surface area contributed by atoms with E-state index in [1.165, 1.54) is 12.8 Å². The predicted octanol–water partition coefficient (Wildman–Crippen LogP) is 2.43. The molecule has 0 radical (unpaired) electrons. The summed E-state index contributed by atoms with van der Waals surface area (Å²) < 4.78 is 10.4. The van der Waals surface area contributed by atoms with Crippen LogP contribution in [0, 0.1) is 5.92 Å². The van der Waals surface area contributed by atoms with Gasteiger partial charge in [0.2, 0.25) is 11.8 Å². The van der Waals surface area contributed by atoms with Crippen molar-refractivity contribution in [2.75, 3.05) is 26.1 Å². The molecule has 0 aromatic heterocycles. The second-order valence-electron chi connectivity index (χ2n) is 6.44. The van der Waals surface area contributed by atoms with Crippen LogP contribution in [0.4, 0.5) is 5.69 Å². The van der Waals surface area contributed by atoms with Crippen molar-refractivity contribution in [3.63, 3.8) is 0 Å². The summed E-state index contributed by atoms with van der Waals surface area (Å²) in [6, 6.07) is 5.57. The molecule has 1 aromatic carbocycles. The van der Waals surface area contributed by atoms with E-state index >= 15 is 0 Å². The summed E-state index contributed by atoms with van der Waals surface area (Å²) in [5.41, 5.74) is 0.643. The van der Waals surface area contributed by atoms with Crippen molar-refractivity contribution in [2.45, 2.75) is 38.1 Å². The first kappa shape index (κ1) is 16.6. The summed E-state index contributed by atoms with van der Waals surface area (Å²) in [6.45, 7) is 0.530. The molecule has 0 unspecified atom stereocenters. The van der Waals surface area contributed by atoms with Crippen LogP contribution in [0.5, 0.6) is 11.5 Å².